The van der Waals surface area contributed by atoms with Gasteiger partial charge in [0.25, 0.3) is 0 Å². The van der Waals surface area contributed by atoms with Gasteiger partial charge < -0.3 is 10.4 Å². The highest BCUT2D eigenvalue weighted by molar-refractivity contribution is 5.85. The lowest BCUT2D eigenvalue weighted by molar-refractivity contribution is -0.141. The number of nitrogens with one attached hydrogen (secondary N) is 1. The molecule has 1 amide bonds. The van der Waals surface area contributed by atoms with E-state index in [1.54, 1.807) is 6.07 Å². The number of hydrogen-bond donors (Lipinski definition) is 2. The molecule has 5 heteroatoms. The second-order valence-corrected chi connectivity index (χ2v) is 5.82. The van der Waals surface area contributed by atoms with Gasteiger partial charge >= 0.3 is 5.97 Å². The van der Waals surface area contributed by atoms with Gasteiger partial charge in [0.2, 0.25) is 5.91 Å². The molecule has 1 heterocycles. The Hall–Kier alpha value is -3.21. The standard InChI is InChI=1S/C20H18N2O3/c23-19(12-14-6-2-1-3-7-14)22-18(20(24)25)13-16-11-10-15-8-4-5-9-17(15)21-16/h1-11,18H,12-13H2,(H,22,23)(H,24,25)/t18-/m1/s1. The monoisotopic (exact) mass is 334 g/mol. The summed E-state index contributed by atoms with van der Waals surface area (Å²) in [6, 6.07) is 19.5. The molecule has 0 saturated carbocycles. The first kappa shape index (κ1) is 16.6. The third-order valence-corrected chi connectivity index (χ3v) is 3.91. The minimum absolute atomic E-state index is 0.140. The van der Waals surface area contributed by atoms with Crippen molar-refractivity contribution in [3.63, 3.8) is 0 Å². The molecule has 0 aliphatic carbocycles. The molecule has 1 aromatic heterocycles. The first-order valence-corrected chi connectivity index (χ1v) is 8.02. The number of hydrogen-bond acceptors (Lipinski definition) is 3. The molecule has 5 nitrogen and oxygen atoms in total. The van der Waals surface area contributed by atoms with Crippen LogP contribution in [0.5, 0.6) is 0 Å². The van der Waals surface area contributed by atoms with E-state index in [-0.39, 0.29) is 18.7 Å². The quantitative estimate of drug-likeness (QED) is 0.726. The molecule has 1 atom stereocenters. The molecule has 0 aliphatic rings. The van der Waals surface area contributed by atoms with Gasteiger partial charge in [0.15, 0.2) is 0 Å². The van der Waals surface area contributed by atoms with Gasteiger partial charge in [-0.2, -0.15) is 0 Å². The Kier molecular flexibility index (Phi) is 5.04. The number of benzene rings is 2. The van der Waals surface area contributed by atoms with Crippen molar-refractivity contribution >= 4 is 22.8 Å². The van der Waals surface area contributed by atoms with Crippen LogP contribution in [-0.2, 0) is 22.4 Å². The van der Waals surface area contributed by atoms with Gasteiger partial charge in [-0.1, -0.05) is 54.6 Å². The third-order valence-electron chi connectivity index (χ3n) is 3.91. The van der Waals surface area contributed by atoms with Crippen LogP contribution >= 0.6 is 0 Å². The van der Waals surface area contributed by atoms with Crippen molar-refractivity contribution < 1.29 is 14.7 Å². The maximum atomic E-state index is 12.1. The lowest BCUT2D eigenvalue weighted by Gasteiger charge is -2.14. The number of amides is 1. The zero-order valence-electron chi connectivity index (χ0n) is 13.6. The fraction of sp³-hybridized carbons (Fsp3) is 0.150. The molecule has 0 spiro atoms. The summed E-state index contributed by atoms with van der Waals surface area (Å²) >= 11 is 0. The number of carbonyl (C=O) groups excluding carboxylic acids is 1. The molecule has 126 valence electrons. The van der Waals surface area contributed by atoms with E-state index in [0.29, 0.717) is 5.69 Å². The van der Waals surface area contributed by atoms with Crippen molar-refractivity contribution in [3.05, 3.63) is 78.0 Å². The number of fused-ring (bicyclic) bond motifs is 1. The summed E-state index contributed by atoms with van der Waals surface area (Å²) in [5.74, 6) is -1.39. The number of carbonyl (C=O) groups is 2. The predicted octanol–water partition coefficient (Wildman–Crippen LogP) is 2.59. The Labute approximate surface area is 145 Å². The van der Waals surface area contributed by atoms with Crippen LogP contribution in [0.1, 0.15) is 11.3 Å². The highest BCUT2D eigenvalue weighted by atomic mass is 16.4. The maximum absolute atomic E-state index is 12.1. The molecule has 0 bridgehead atoms. The highest BCUT2D eigenvalue weighted by Crippen LogP contribution is 2.13. The normalized spacial score (nSPS) is 11.8. The van der Waals surface area contributed by atoms with Crippen LogP contribution in [-0.4, -0.2) is 28.0 Å². The molecule has 0 fully saturated rings. The van der Waals surface area contributed by atoms with E-state index in [2.05, 4.69) is 10.3 Å². The minimum Gasteiger partial charge on any atom is -0.480 e. The Morgan fingerprint density at radius 3 is 2.44 bits per heavy atom. The SMILES string of the molecule is O=C(Cc1ccccc1)N[C@H](Cc1ccc2ccccc2n1)C(=O)O. The molecule has 0 saturated heterocycles. The maximum Gasteiger partial charge on any atom is 0.326 e. The van der Waals surface area contributed by atoms with E-state index in [0.717, 1.165) is 16.5 Å². The van der Waals surface area contributed by atoms with Crippen LogP contribution in [0.25, 0.3) is 10.9 Å². The number of nitrogens with zero attached hydrogens (tertiary/aromatic N) is 1. The smallest absolute Gasteiger partial charge is 0.326 e. The summed E-state index contributed by atoms with van der Waals surface area (Å²) in [6.45, 7) is 0. The molecule has 0 unspecified atom stereocenters. The van der Waals surface area contributed by atoms with Crippen LogP contribution < -0.4 is 5.32 Å². The number of pyridine rings is 1. The zero-order chi connectivity index (χ0) is 17.6. The van der Waals surface area contributed by atoms with Crippen LogP contribution in [0.2, 0.25) is 0 Å². The van der Waals surface area contributed by atoms with E-state index >= 15 is 0 Å². The van der Waals surface area contributed by atoms with Gasteiger partial charge in [-0.3, -0.25) is 9.78 Å². The summed E-state index contributed by atoms with van der Waals surface area (Å²) in [7, 11) is 0. The number of aromatic nitrogens is 1. The second kappa shape index (κ2) is 7.57. The molecule has 25 heavy (non-hydrogen) atoms. The van der Waals surface area contributed by atoms with E-state index in [1.165, 1.54) is 0 Å². The van der Waals surface area contributed by atoms with Crippen molar-refractivity contribution in [1.82, 2.24) is 10.3 Å². The molecule has 3 aromatic rings. The fourth-order valence-electron chi connectivity index (χ4n) is 2.66. The largest absolute Gasteiger partial charge is 0.480 e. The number of aliphatic carboxylic acids is 1. The first-order chi connectivity index (χ1) is 12.1. The van der Waals surface area contributed by atoms with Crippen molar-refractivity contribution in [1.29, 1.82) is 0 Å². The Morgan fingerprint density at radius 1 is 0.960 bits per heavy atom. The molecule has 2 N–H and O–H groups in total. The van der Waals surface area contributed by atoms with E-state index in [9.17, 15) is 14.7 Å². The van der Waals surface area contributed by atoms with Gasteiger partial charge in [-0.05, 0) is 17.7 Å². The average Bonchev–Trinajstić information content (AvgIpc) is 2.62. The van der Waals surface area contributed by atoms with Gasteiger partial charge in [-0.25, -0.2) is 4.79 Å². The number of carboxylic acids is 1. The van der Waals surface area contributed by atoms with Crippen LogP contribution in [0.4, 0.5) is 0 Å². The summed E-state index contributed by atoms with van der Waals surface area (Å²) in [5, 5.41) is 13.0. The van der Waals surface area contributed by atoms with Crippen LogP contribution in [0.15, 0.2) is 66.7 Å². The molecule has 0 radical (unpaired) electrons. The molecule has 0 aliphatic heterocycles. The Morgan fingerprint density at radius 2 is 1.68 bits per heavy atom. The zero-order valence-corrected chi connectivity index (χ0v) is 13.6. The molecule has 3 rings (SSSR count). The van der Waals surface area contributed by atoms with Crippen LogP contribution in [0.3, 0.4) is 0 Å². The summed E-state index contributed by atoms with van der Waals surface area (Å²) in [5.41, 5.74) is 2.28. The van der Waals surface area contributed by atoms with Gasteiger partial charge in [0, 0.05) is 17.5 Å². The van der Waals surface area contributed by atoms with E-state index < -0.39 is 12.0 Å². The van der Waals surface area contributed by atoms with Crippen LogP contribution in [0, 0.1) is 0 Å². The van der Waals surface area contributed by atoms with Gasteiger partial charge in [-0.15, -0.1) is 0 Å². The average molecular weight is 334 g/mol. The molecule has 2 aromatic carbocycles. The number of para-hydroxylation sites is 1. The van der Waals surface area contributed by atoms with Crippen molar-refractivity contribution in [2.24, 2.45) is 0 Å². The number of carboxylic acid groups (broad SMARTS) is 1. The minimum atomic E-state index is -1.07. The fourth-order valence-corrected chi connectivity index (χ4v) is 2.66. The number of rotatable bonds is 6. The molecular formula is C20H18N2O3. The lowest BCUT2D eigenvalue weighted by Crippen LogP contribution is -2.43. The van der Waals surface area contributed by atoms with E-state index in [4.69, 9.17) is 0 Å². The Bertz CT molecular complexity index is 894. The highest BCUT2D eigenvalue weighted by Gasteiger charge is 2.21. The van der Waals surface area contributed by atoms with E-state index in [1.807, 2.05) is 60.7 Å². The topological polar surface area (TPSA) is 79.3 Å². The summed E-state index contributed by atoms with van der Waals surface area (Å²) in [4.78, 5) is 28.1. The van der Waals surface area contributed by atoms with Crippen molar-refractivity contribution in [2.75, 3.05) is 0 Å². The lowest BCUT2D eigenvalue weighted by atomic mass is 10.1. The summed E-state index contributed by atoms with van der Waals surface area (Å²) in [6.07, 6.45) is 0.288. The van der Waals surface area contributed by atoms with Gasteiger partial charge in [0.05, 0.1) is 11.9 Å². The molecular weight excluding hydrogens is 316 g/mol. The Balaban J connectivity index is 1.70. The third kappa shape index (κ3) is 4.41. The second-order valence-electron chi connectivity index (χ2n) is 5.82. The van der Waals surface area contributed by atoms with Gasteiger partial charge in [0.1, 0.15) is 6.04 Å². The first-order valence-electron chi connectivity index (χ1n) is 8.02. The summed E-state index contributed by atoms with van der Waals surface area (Å²) < 4.78 is 0. The van der Waals surface area contributed by atoms with Crippen molar-refractivity contribution in [2.45, 2.75) is 18.9 Å². The predicted molar refractivity (Wildman–Crippen MR) is 95.2 cm³/mol. The van der Waals surface area contributed by atoms with Crippen molar-refractivity contribution in [3.8, 4) is 0 Å².